The molecule has 7 nitrogen and oxygen atoms in total. The maximum absolute atomic E-state index is 11.6. The standard InChI is InChI=1S/C12H19N3O4S/c1-15(2)20(17,18)7-6-14-11-8-9(12(16)19-3)4-5-10(11)13/h4-5,8,14H,6-7,13H2,1-3H3. The van der Waals surface area contributed by atoms with Crippen molar-refractivity contribution >= 4 is 27.4 Å². The number of hydrogen-bond donors (Lipinski definition) is 2. The predicted octanol–water partition coefficient (Wildman–Crippen LogP) is 0.359. The third-order valence-electron chi connectivity index (χ3n) is 2.71. The minimum absolute atomic E-state index is 0.0676. The monoisotopic (exact) mass is 301 g/mol. The zero-order valence-corrected chi connectivity index (χ0v) is 12.5. The summed E-state index contributed by atoms with van der Waals surface area (Å²) < 4.78 is 29.0. The van der Waals surface area contributed by atoms with Gasteiger partial charge in [0.2, 0.25) is 10.0 Å². The molecule has 0 radical (unpaired) electrons. The molecule has 0 unspecified atom stereocenters. The Kier molecular flexibility index (Phi) is 5.34. The van der Waals surface area contributed by atoms with Gasteiger partial charge in [-0.15, -0.1) is 0 Å². The van der Waals surface area contributed by atoms with E-state index in [4.69, 9.17) is 5.73 Å². The fraction of sp³-hybridized carbons (Fsp3) is 0.417. The number of ether oxygens (including phenoxy) is 1. The van der Waals surface area contributed by atoms with Crippen LogP contribution in [0.2, 0.25) is 0 Å². The van der Waals surface area contributed by atoms with E-state index in [1.807, 2.05) is 0 Å². The molecule has 20 heavy (non-hydrogen) atoms. The van der Waals surface area contributed by atoms with Crippen molar-refractivity contribution in [2.24, 2.45) is 0 Å². The highest BCUT2D eigenvalue weighted by Gasteiger charge is 2.13. The number of nitrogen functional groups attached to an aromatic ring is 1. The van der Waals surface area contributed by atoms with Crippen LogP contribution in [0.3, 0.4) is 0 Å². The van der Waals surface area contributed by atoms with Crippen LogP contribution in [0.15, 0.2) is 18.2 Å². The number of benzene rings is 1. The van der Waals surface area contributed by atoms with Gasteiger partial charge in [0.05, 0.1) is 29.8 Å². The van der Waals surface area contributed by atoms with Gasteiger partial charge in [-0.1, -0.05) is 0 Å². The zero-order valence-electron chi connectivity index (χ0n) is 11.7. The number of carbonyl (C=O) groups excluding carboxylic acids is 1. The summed E-state index contributed by atoms with van der Waals surface area (Å²) in [6.07, 6.45) is 0. The van der Waals surface area contributed by atoms with Gasteiger partial charge in [0, 0.05) is 20.6 Å². The molecule has 8 heteroatoms. The molecule has 0 amide bonds. The van der Waals surface area contributed by atoms with E-state index in [1.165, 1.54) is 27.3 Å². The minimum atomic E-state index is -3.27. The molecule has 0 saturated heterocycles. The van der Waals surface area contributed by atoms with E-state index in [2.05, 4.69) is 10.1 Å². The van der Waals surface area contributed by atoms with Crippen molar-refractivity contribution in [3.63, 3.8) is 0 Å². The van der Waals surface area contributed by atoms with E-state index in [1.54, 1.807) is 12.1 Å². The van der Waals surface area contributed by atoms with Gasteiger partial charge in [-0.25, -0.2) is 17.5 Å². The number of anilines is 2. The SMILES string of the molecule is COC(=O)c1ccc(N)c(NCCS(=O)(=O)N(C)C)c1. The normalized spacial score (nSPS) is 11.4. The van der Waals surface area contributed by atoms with Gasteiger partial charge in [-0.3, -0.25) is 0 Å². The summed E-state index contributed by atoms with van der Waals surface area (Å²) >= 11 is 0. The summed E-state index contributed by atoms with van der Waals surface area (Å²) in [6, 6.07) is 4.64. The summed E-state index contributed by atoms with van der Waals surface area (Å²) in [7, 11) is 0.961. The molecule has 3 N–H and O–H groups in total. The fourth-order valence-corrected chi connectivity index (χ4v) is 2.18. The summed E-state index contributed by atoms with van der Waals surface area (Å²) in [5, 5.41) is 2.90. The second kappa shape index (κ2) is 6.58. The van der Waals surface area contributed by atoms with Crippen LogP contribution in [0.25, 0.3) is 0 Å². The number of esters is 1. The number of rotatable bonds is 6. The first-order valence-corrected chi connectivity index (χ1v) is 7.50. The molecule has 1 aromatic carbocycles. The Bertz CT molecular complexity index is 584. The lowest BCUT2D eigenvalue weighted by Gasteiger charge is -2.13. The van der Waals surface area contributed by atoms with E-state index in [9.17, 15) is 13.2 Å². The number of sulfonamides is 1. The zero-order chi connectivity index (χ0) is 15.3. The number of hydrogen-bond acceptors (Lipinski definition) is 6. The molecule has 0 saturated carbocycles. The molecule has 0 aliphatic carbocycles. The molecule has 0 bridgehead atoms. The van der Waals surface area contributed by atoms with Crippen LogP contribution in [-0.4, -0.2) is 52.2 Å². The van der Waals surface area contributed by atoms with Gasteiger partial charge in [0.15, 0.2) is 0 Å². The van der Waals surface area contributed by atoms with Crippen LogP contribution in [-0.2, 0) is 14.8 Å². The maximum Gasteiger partial charge on any atom is 0.337 e. The van der Waals surface area contributed by atoms with Gasteiger partial charge in [-0.2, -0.15) is 0 Å². The van der Waals surface area contributed by atoms with Crippen LogP contribution in [0.4, 0.5) is 11.4 Å². The summed E-state index contributed by atoms with van der Waals surface area (Å²) in [6.45, 7) is 0.190. The molecule has 0 atom stereocenters. The van der Waals surface area contributed by atoms with Gasteiger partial charge < -0.3 is 15.8 Å². The second-order valence-electron chi connectivity index (χ2n) is 4.32. The first-order chi connectivity index (χ1) is 9.27. The molecule has 0 aliphatic rings. The topological polar surface area (TPSA) is 102 Å². The fourth-order valence-electron chi connectivity index (χ4n) is 1.45. The van der Waals surface area contributed by atoms with Crippen LogP contribution in [0.5, 0.6) is 0 Å². The lowest BCUT2D eigenvalue weighted by Crippen LogP contribution is -2.28. The van der Waals surface area contributed by atoms with Gasteiger partial charge in [-0.05, 0) is 18.2 Å². The number of nitrogens with two attached hydrogens (primary N) is 1. The van der Waals surface area contributed by atoms with Crippen LogP contribution in [0.1, 0.15) is 10.4 Å². The molecule has 0 aliphatic heterocycles. The highest BCUT2D eigenvalue weighted by Crippen LogP contribution is 2.20. The minimum Gasteiger partial charge on any atom is -0.465 e. The van der Waals surface area contributed by atoms with E-state index < -0.39 is 16.0 Å². The first kappa shape index (κ1) is 16.3. The van der Waals surface area contributed by atoms with Crippen LogP contribution < -0.4 is 11.1 Å². The molecular formula is C12H19N3O4S. The van der Waals surface area contributed by atoms with Crippen molar-refractivity contribution in [1.82, 2.24) is 4.31 Å². The van der Waals surface area contributed by atoms with E-state index in [0.717, 1.165) is 4.31 Å². The third kappa shape index (κ3) is 4.10. The number of nitrogens with one attached hydrogen (secondary N) is 1. The Balaban J connectivity index is 2.76. The van der Waals surface area contributed by atoms with E-state index >= 15 is 0 Å². The van der Waals surface area contributed by atoms with Gasteiger partial charge in [0.1, 0.15) is 0 Å². The lowest BCUT2D eigenvalue weighted by atomic mass is 10.1. The molecular weight excluding hydrogens is 282 g/mol. The predicted molar refractivity (Wildman–Crippen MR) is 78.2 cm³/mol. The first-order valence-electron chi connectivity index (χ1n) is 5.90. The quantitative estimate of drug-likeness (QED) is 0.581. The smallest absolute Gasteiger partial charge is 0.337 e. The van der Waals surface area contributed by atoms with E-state index in [0.29, 0.717) is 16.9 Å². The molecule has 0 heterocycles. The van der Waals surface area contributed by atoms with Crippen molar-refractivity contribution in [1.29, 1.82) is 0 Å². The Morgan fingerprint density at radius 3 is 2.60 bits per heavy atom. The summed E-state index contributed by atoms with van der Waals surface area (Å²) in [5.74, 6) is -0.545. The largest absolute Gasteiger partial charge is 0.465 e. The highest BCUT2D eigenvalue weighted by atomic mass is 32.2. The Labute approximate surface area is 118 Å². The Morgan fingerprint density at radius 2 is 2.05 bits per heavy atom. The molecule has 0 fully saturated rings. The molecule has 0 aromatic heterocycles. The van der Waals surface area contributed by atoms with E-state index in [-0.39, 0.29) is 12.3 Å². The summed E-state index contributed by atoms with van der Waals surface area (Å²) in [5.41, 5.74) is 7.05. The maximum atomic E-state index is 11.6. The number of methoxy groups -OCH3 is 1. The molecule has 0 spiro atoms. The second-order valence-corrected chi connectivity index (χ2v) is 6.62. The van der Waals surface area contributed by atoms with Crippen LogP contribution in [0, 0.1) is 0 Å². The van der Waals surface area contributed by atoms with Gasteiger partial charge >= 0.3 is 5.97 Å². The molecule has 1 aromatic rings. The lowest BCUT2D eigenvalue weighted by molar-refractivity contribution is 0.0601. The average molecular weight is 301 g/mol. The number of carbonyl (C=O) groups is 1. The highest BCUT2D eigenvalue weighted by molar-refractivity contribution is 7.89. The third-order valence-corrected chi connectivity index (χ3v) is 4.54. The average Bonchev–Trinajstić information content (AvgIpc) is 2.39. The summed E-state index contributed by atoms with van der Waals surface area (Å²) in [4.78, 5) is 11.4. The van der Waals surface area contributed by atoms with Crippen molar-refractivity contribution in [3.05, 3.63) is 23.8 Å². The van der Waals surface area contributed by atoms with Gasteiger partial charge in [0.25, 0.3) is 0 Å². The number of nitrogens with zero attached hydrogens (tertiary/aromatic N) is 1. The van der Waals surface area contributed by atoms with Crippen molar-refractivity contribution in [2.45, 2.75) is 0 Å². The molecule has 1 rings (SSSR count). The van der Waals surface area contributed by atoms with Crippen molar-refractivity contribution in [2.75, 3.05) is 44.6 Å². The molecule has 112 valence electrons. The van der Waals surface area contributed by atoms with Crippen LogP contribution >= 0.6 is 0 Å². The Hall–Kier alpha value is -1.80. The van der Waals surface area contributed by atoms with Crippen molar-refractivity contribution in [3.8, 4) is 0 Å². The van der Waals surface area contributed by atoms with Crippen molar-refractivity contribution < 1.29 is 17.9 Å². The Morgan fingerprint density at radius 1 is 1.40 bits per heavy atom.